The fraction of sp³-hybridized carbons (Fsp3) is 0.526. The molecule has 3 aliphatic rings. The van der Waals surface area contributed by atoms with Crippen molar-refractivity contribution in [1.29, 1.82) is 0 Å². The number of nitrogens with zero attached hydrogens (tertiary/aromatic N) is 1. The summed E-state index contributed by atoms with van der Waals surface area (Å²) in [6, 6.07) is 6.82. The summed E-state index contributed by atoms with van der Waals surface area (Å²) in [5.41, 5.74) is 2.60. The molecule has 1 aromatic carbocycles. The summed E-state index contributed by atoms with van der Waals surface area (Å²) in [7, 11) is 5.49. The van der Waals surface area contributed by atoms with Gasteiger partial charge in [-0.05, 0) is 61.7 Å². The molecule has 1 saturated heterocycles. The van der Waals surface area contributed by atoms with Gasteiger partial charge in [0.2, 0.25) is 0 Å². The van der Waals surface area contributed by atoms with E-state index in [0.717, 1.165) is 25.1 Å². The van der Waals surface area contributed by atoms with Crippen LogP contribution in [0.3, 0.4) is 0 Å². The Kier molecular flexibility index (Phi) is 3.27. The zero-order chi connectivity index (χ0) is 16.2. The lowest BCUT2D eigenvalue weighted by molar-refractivity contribution is -0.122. The van der Waals surface area contributed by atoms with Gasteiger partial charge in [0.1, 0.15) is 5.75 Å². The first kappa shape index (κ1) is 14.8. The Bertz CT molecular complexity index is 696. The maximum atomic E-state index is 12.4. The molecule has 1 heterocycles. The molecule has 0 saturated carbocycles. The number of allylic oxidation sites excluding steroid dienone is 2. The Morgan fingerprint density at radius 1 is 1.22 bits per heavy atom. The van der Waals surface area contributed by atoms with Crippen LogP contribution >= 0.6 is 0 Å². The standard InChI is InChI=1S/C19H23NO3/c1-20-7-6-19-11-18(23-3)17(21)10-15(19)16(20)8-12-4-5-13(22-2)9-14(12)19/h4-5,9,11,15-16H,6-8,10H2,1-3H3/t15-,16+,19+/m0/s1. The summed E-state index contributed by atoms with van der Waals surface area (Å²) in [5, 5.41) is 0. The van der Waals surface area contributed by atoms with E-state index in [1.54, 1.807) is 14.2 Å². The highest BCUT2D eigenvalue weighted by Gasteiger charge is 2.54. The summed E-state index contributed by atoms with van der Waals surface area (Å²) in [6.07, 6.45) is 4.71. The number of ether oxygens (including phenoxy) is 2. The normalized spacial score (nSPS) is 32.7. The van der Waals surface area contributed by atoms with Gasteiger partial charge < -0.3 is 14.4 Å². The average molecular weight is 313 g/mol. The minimum Gasteiger partial charge on any atom is -0.497 e. The van der Waals surface area contributed by atoms with Crippen LogP contribution in [0.1, 0.15) is 24.0 Å². The smallest absolute Gasteiger partial charge is 0.197 e. The molecular weight excluding hydrogens is 290 g/mol. The second-order valence-corrected chi connectivity index (χ2v) is 7.01. The largest absolute Gasteiger partial charge is 0.497 e. The molecule has 2 aliphatic carbocycles. The van der Waals surface area contributed by atoms with Crippen LogP contribution in [-0.4, -0.2) is 44.5 Å². The van der Waals surface area contributed by atoms with Crippen molar-refractivity contribution in [2.45, 2.75) is 30.7 Å². The Morgan fingerprint density at radius 2 is 2.04 bits per heavy atom. The van der Waals surface area contributed by atoms with Crippen LogP contribution in [0.4, 0.5) is 0 Å². The van der Waals surface area contributed by atoms with Crippen molar-refractivity contribution in [2.24, 2.45) is 5.92 Å². The van der Waals surface area contributed by atoms with E-state index in [-0.39, 0.29) is 11.2 Å². The van der Waals surface area contributed by atoms with E-state index in [1.807, 2.05) is 6.07 Å². The van der Waals surface area contributed by atoms with Gasteiger partial charge in [-0.25, -0.2) is 0 Å². The van der Waals surface area contributed by atoms with Crippen molar-refractivity contribution in [3.63, 3.8) is 0 Å². The predicted molar refractivity (Wildman–Crippen MR) is 87.6 cm³/mol. The Labute approximate surface area is 137 Å². The van der Waals surface area contributed by atoms with Crippen molar-refractivity contribution >= 4 is 5.78 Å². The third-order valence-electron chi connectivity index (χ3n) is 6.11. The number of carbonyl (C=O) groups excluding carboxylic acids is 1. The lowest BCUT2D eigenvalue weighted by atomic mass is 9.54. The monoisotopic (exact) mass is 313 g/mol. The predicted octanol–water partition coefficient (Wildman–Crippen LogP) is 2.31. The quantitative estimate of drug-likeness (QED) is 0.840. The molecule has 4 heteroatoms. The maximum absolute atomic E-state index is 12.4. The number of piperidine rings is 1. The number of fused-ring (bicyclic) bond motifs is 1. The molecule has 0 aromatic heterocycles. The second kappa shape index (κ2) is 5.10. The summed E-state index contributed by atoms with van der Waals surface area (Å²) >= 11 is 0. The summed E-state index contributed by atoms with van der Waals surface area (Å²) in [6.45, 7) is 1.04. The molecule has 4 nitrogen and oxygen atoms in total. The van der Waals surface area contributed by atoms with E-state index in [2.05, 4.69) is 30.2 Å². The third kappa shape index (κ3) is 1.97. The van der Waals surface area contributed by atoms with E-state index in [1.165, 1.54) is 11.1 Å². The molecule has 3 atom stereocenters. The third-order valence-corrected chi connectivity index (χ3v) is 6.11. The van der Waals surface area contributed by atoms with Crippen molar-refractivity contribution in [3.05, 3.63) is 41.2 Å². The van der Waals surface area contributed by atoms with E-state index >= 15 is 0 Å². The van der Waals surface area contributed by atoms with Crippen LogP contribution in [0.2, 0.25) is 0 Å². The Morgan fingerprint density at radius 3 is 2.78 bits per heavy atom. The van der Waals surface area contributed by atoms with Gasteiger partial charge in [0.15, 0.2) is 11.5 Å². The van der Waals surface area contributed by atoms with Crippen LogP contribution in [-0.2, 0) is 21.4 Å². The molecular formula is C19H23NO3. The fourth-order valence-corrected chi connectivity index (χ4v) is 4.88. The Balaban J connectivity index is 1.95. The molecule has 23 heavy (non-hydrogen) atoms. The first-order chi connectivity index (χ1) is 11.1. The molecule has 1 aliphatic heterocycles. The molecule has 0 amide bonds. The van der Waals surface area contributed by atoms with Crippen LogP contribution in [0.25, 0.3) is 0 Å². The van der Waals surface area contributed by atoms with Gasteiger partial charge in [-0.3, -0.25) is 4.79 Å². The highest BCUT2D eigenvalue weighted by atomic mass is 16.5. The maximum Gasteiger partial charge on any atom is 0.197 e. The molecule has 0 N–H and O–H groups in total. The highest BCUT2D eigenvalue weighted by molar-refractivity contribution is 5.95. The second-order valence-electron chi connectivity index (χ2n) is 7.01. The van der Waals surface area contributed by atoms with Crippen molar-refractivity contribution in [3.8, 4) is 5.75 Å². The number of carbonyl (C=O) groups is 1. The number of likely N-dealkylation sites (N-methyl/N-ethyl adjacent to an activating group) is 1. The number of ketones is 1. The molecule has 0 unspecified atom stereocenters. The number of hydrogen-bond donors (Lipinski definition) is 0. The fourth-order valence-electron chi connectivity index (χ4n) is 4.88. The van der Waals surface area contributed by atoms with Gasteiger partial charge in [0.25, 0.3) is 0 Å². The zero-order valence-corrected chi connectivity index (χ0v) is 14.0. The SMILES string of the molecule is COC1=C[C@]23CCN(C)[C@H](Cc4ccc(OC)cc42)[C@@H]3CC1=O. The highest BCUT2D eigenvalue weighted by Crippen LogP contribution is 2.54. The summed E-state index contributed by atoms with van der Waals surface area (Å²) < 4.78 is 10.9. The minimum atomic E-state index is -0.0987. The van der Waals surface area contributed by atoms with Crippen molar-refractivity contribution in [1.82, 2.24) is 4.90 Å². The van der Waals surface area contributed by atoms with E-state index in [0.29, 0.717) is 24.1 Å². The van der Waals surface area contributed by atoms with Crippen LogP contribution in [0.5, 0.6) is 5.75 Å². The number of methoxy groups -OCH3 is 2. The Hall–Kier alpha value is -1.81. The lowest BCUT2D eigenvalue weighted by Crippen LogP contribution is -2.60. The number of rotatable bonds is 2. The van der Waals surface area contributed by atoms with E-state index in [9.17, 15) is 4.79 Å². The van der Waals surface area contributed by atoms with Gasteiger partial charge in [-0.1, -0.05) is 6.07 Å². The van der Waals surface area contributed by atoms with Crippen LogP contribution in [0.15, 0.2) is 30.0 Å². The first-order valence-electron chi connectivity index (χ1n) is 8.27. The van der Waals surface area contributed by atoms with Crippen LogP contribution in [0, 0.1) is 5.92 Å². The van der Waals surface area contributed by atoms with Gasteiger partial charge in [0, 0.05) is 17.9 Å². The molecule has 2 bridgehead atoms. The molecule has 1 fully saturated rings. The van der Waals surface area contributed by atoms with Crippen LogP contribution < -0.4 is 4.74 Å². The molecule has 1 aromatic rings. The number of likely N-dealkylation sites (tertiary alicyclic amines) is 1. The van der Waals surface area contributed by atoms with Crippen molar-refractivity contribution < 1.29 is 14.3 Å². The van der Waals surface area contributed by atoms with Gasteiger partial charge in [0.05, 0.1) is 14.2 Å². The number of benzene rings is 1. The number of hydrogen-bond acceptors (Lipinski definition) is 4. The zero-order valence-electron chi connectivity index (χ0n) is 14.0. The molecule has 122 valence electrons. The van der Waals surface area contributed by atoms with Gasteiger partial charge >= 0.3 is 0 Å². The number of Topliss-reactive ketones (excluding diaryl/α,β-unsaturated/α-hetero) is 1. The van der Waals surface area contributed by atoms with Gasteiger partial charge in [-0.15, -0.1) is 0 Å². The summed E-state index contributed by atoms with van der Waals surface area (Å²) in [5.74, 6) is 1.88. The molecule has 0 radical (unpaired) electrons. The topological polar surface area (TPSA) is 38.8 Å². The van der Waals surface area contributed by atoms with Crippen molar-refractivity contribution in [2.75, 3.05) is 27.8 Å². The molecule has 4 rings (SSSR count). The lowest BCUT2D eigenvalue weighted by Gasteiger charge is -2.56. The van der Waals surface area contributed by atoms with E-state index in [4.69, 9.17) is 9.47 Å². The minimum absolute atomic E-state index is 0.0987. The average Bonchev–Trinajstić information content (AvgIpc) is 2.57. The first-order valence-corrected chi connectivity index (χ1v) is 8.27. The molecule has 0 spiro atoms. The summed E-state index contributed by atoms with van der Waals surface area (Å²) in [4.78, 5) is 14.8. The van der Waals surface area contributed by atoms with E-state index < -0.39 is 0 Å². The van der Waals surface area contributed by atoms with Gasteiger partial charge in [-0.2, -0.15) is 0 Å².